The maximum atomic E-state index is 5.59. The lowest BCUT2D eigenvalue weighted by Crippen LogP contribution is -1.87. The number of hydrogen-bond donors (Lipinski definition) is 2. The monoisotopic (exact) mass is 159 g/mol. The van der Waals surface area contributed by atoms with Crippen LogP contribution in [0, 0.1) is 0 Å². The Morgan fingerprint density at radius 2 is 2.25 bits per heavy atom. The van der Waals surface area contributed by atoms with Gasteiger partial charge in [0.1, 0.15) is 0 Å². The van der Waals surface area contributed by atoms with Gasteiger partial charge in [0, 0.05) is 29.8 Å². The first-order chi connectivity index (χ1) is 5.86. The molecule has 2 rings (SSSR count). The minimum absolute atomic E-state index is 0.683. The number of nitrogen functional groups attached to an aromatic ring is 1. The van der Waals surface area contributed by atoms with E-state index in [9.17, 15) is 0 Å². The zero-order valence-corrected chi connectivity index (χ0v) is 6.49. The molecule has 0 aromatic carbocycles. The molecule has 0 unspecified atom stereocenters. The summed E-state index contributed by atoms with van der Waals surface area (Å²) < 4.78 is 0. The van der Waals surface area contributed by atoms with Crippen molar-refractivity contribution in [3.8, 4) is 11.3 Å². The van der Waals surface area contributed by atoms with Crippen LogP contribution >= 0.6 is 0 Å². The number of H-pyrrole nitrogens is 1. The van der Waals surface area contributed by atoms with E-state index in [4.69, 9.17) is 5.73 Å². The number of nitrogens with zero attached hydrogens (tertiary/aromatic N) is 1. The molecule has 0 fully saturated rings. The Bertz CT molecular complexity index is 365. The van der Waals surface area contributed by atoms with Crippen LogP contribution in [0.1, 0.15) is 0 Å². The predicted molar refractivity (Wildman–Crippen MR) is 48.4 cm³/mol. The summed E-state index contributed by atoms with van der Waals surface area (Å²) in [5.74, 6) is 0. The first-order valence-corrected chi connectivity index (χ1v) is 3.70. The first kappa shape index (κ1) is 6.91. The smallest absolute Gasteiger partial charge is 0.0507 e. The highest BCUT2D eigenvalue weighted by Crippen LogP contribution is 2.17. The van der Waals surface area contributed by atoms with Crippen LogP contribution < -0.4 is 5.73 Å². The van der Waals surface area contributed by atoms with Crippen LogP contribution in [0.15, 0.2) is 36.8 Å². The molecule has 0 atom stereocenters. The van der Waals surface area contributed by atoms with Crippen molar-refractivity contribution in [1.82, 2.24) is 9.97 Å². The molecule has 3 heteroatoms. The average Bonchev–Trinajstić information content (AvgIpc) is 2.56. The van der Waals surface area contributed by atoms with Gasteiger partial charge in [-0.2, -0.15) is 0 Å². The third kappa shape index (κ3) is 1.16. The molecule has 3 N–H and O–H groups in total. The van der Waals surface area contributed by atoms with E-state index in [1.165, 1.54) is 0 Å². The van der Waals surface area contributed by atoms with Gasteiger partial charge in [-0.1, -0.05) is 0 Å². The highest BCUT2D eigenvalue weighted by Gasteiger charge is 1.97. The quantitative estimate of drug-likeness (QED) is 0.664. The zero-order valence-electron chi connectivity index (χ0n) is 6.49. The lowest BCUT2D eigenvalue weighted by atomic mass is 10.2. The highest BCUT2D eigenvalue weighted by atomic mass is 14.7. The molecule has 0 saturated heterocycles. The number of nitrogens with two attached hydrogens (primary N) is 1. The Balaban J connectivity index is 2.48. The third-order valence-electron chi connectivity index (χ3n) is 1.67. The highest BCUT2D eigenvalue weighted by molar-refractivity contribution is 5.62. The van der Waals surface area contributed by atoms with E-state index >= 15 is 0 Å². The molecule has 0 aliphatic rings. The standard InChI is InChI=1S/C9H9N3/c10-8-4-7(5-11-6-8)9-2-1-3-12-9/h1-6,12H,10H2. The summed E-state index contributed by atoms with van der Waals surface area (Å²) in [6, 6.07) is 5.81. The number of rotatable bonds is 1. The van der Waals surface area contributed by atoms with Crippen molar-refractivity contribution in [2.24, 2.45) is 0 Å². The van der Waals surface area contributed by atoms with Gasteiger partial charge in [-0.05, 0) is 18.2 Å². The molecule has 0 radical (unpaired) electrons. The van der Waals surface area contributed by atoms with Crippen LogP contribution in [0.25, 0.3) is 11.3 Å². The summed E-state index contributed by atoms with van der Waals surface area (Å²) in [6.07, 6.45) is 5.28. The summed E-state index contributed by atoms with van der Waals surface area (Å²) >= 11 is 0. The Morgan fingerprint density at radius 1 is 1.33 bits per heavy atom. The number of pyridine rings is 1. The van der Waals surface area contributed by atoms with Gasteiger partial charge in [0.25, 0.3) is 0 Å². The fourth-order valence-electron chi connectivity index (χ4n) is 1.11. The number of hydrogen-bond acceptors (Lipinski definition) is 2. The van der Waals surface area contributed by atoms with Gasteiger partial charge in [0.05, 0.1) is 5.69 Å². The van der Waals surface area contributed by atoms with Crippen molar-refractivity contribution in [3.63, 3.8) is 0 Å². The molecule has 2 aromatic heterocycles. The second-order valence-corrected chi connectivity index (χ2v) is 2.59. The lowest BCUT2D eigenvalue weighted by Gasteiger charge is -1.97. The van der Waals surface area contributed by atoms with Gasteiger partial charge >= 0.3 is 0 Å². The summed E-state index contributed by atoms with van der Waals surface area (Å²) in [7, 11) is 0. The Kier molecular flexibility index (Phi) is 1.55. The van der Waals surface area contributed by atoms with Crippen LogP contribution in [-0.4, -0.2) is 9.97 Å². The van der Waals surface area contributed by atoms with E-state index in [1.807, 2.05) is 24.4 Å². The summed E-state index contributed by atoms with van der Waals surface area (Å²) in [5, 5.41) is 0. The molecule has 0 aliphatic heterocycles. The van der Waals surface area contributed by atoms with Crippen molar-refractivity contribution in [3.05, 3.63) is 36.8 Å². The van der Waals surface area contributed by atoms with Crippen molar-refractivity contribution in [2.75, 3.05) is 5.73 Å². The second kappa shape index (κ2) is 2.70. The van der Waals surface area contributed by atoms with Crippen LogP contribution in [-0.2, 0) is 0 Å². The Morgan fingerprint density at radius 3 is 2.92 bits per heavy atom. The van der Waals surface area contributed by atoms with E-state index in [-0.39, 0.29) is 0 Å². The van der Waals surface area contributed by atoms with E-state index in [1.54, 1.807) is 12.4 Å². The minimum Gasteiger partial charge on any atom is -0.397 e. The minimum atomic E-state index is 0.683. The van der Waals surface area contributed by atoms with Crippen LogP contribution in [0.5, 0.6) is 0 Å². The zero-order chi connectivity index (χ0) is 8.39. The predicted octanol–water partition coefficient (Wildman–Crippen LogP) is 1.66. The summed E-state index contributed by atoms with van der Waals surface area (Å²) in [5.41, 5.74) is 8.32. The molecule has 3 nitrogen and oxygen atoms in total. The second-order valence-electron chi connectivity index (χ2n) is 2.59. The van der Waals surface area contributed by atoms with Gasteiger partial charge < -0.3 is 10.7 Å². The average molecular weight is 159 g/mol. The number of aromatic nitrogens is 2. The maximum absolute atomic E-state index is 5.59. The van der Waals surface area contributed by atoms with E-state index in [0.717, 1.165) is 11.3 Å². The summed E-state index contributed by atoms with van der Waals surface area (Å²) in [6.45, 7) is 0. The summed E-state index contributed by atoms with van der Waals surface area (Å²) in [4.78, 5) is 7.08. The molecule has 12 heavy (non-hydrogen) atoms. The maximum Gasteiger partial charge on any atom is 0.0507 e. The van der Waals surface area contributed by atoms with Crippen LogP contribution in [0.3, 0.4) is 0 Å². The number of nitrogens with one attached hydrogen (secondary N) is 1. The van der Waals surface area contributed by atoms with Gasteiger partial charge in [-0.25, -0.2) is 0 Å². The van der Waals surface area contributed by atoms with Gasteiger partial charge in [-0.3, -0.25) is 4.98 Å². The lowest BCUT2D eigenvalue weighted by molar-refractivity contribution is 1.31. The van der Waals surface area contributed by atoms with Crippen LogP contribution in [0.2, 0.25) is 0 Å². The van der Waals surface area contributed by atoms with Crippen LogP contribution in [0.4, 0.5) is 5.69 Å². The normalized spacial score (nSPS) is 10.0. The Labute approximate surface area is 70.3 Å². The fraction of sp³-hybridized carbons (Fsp3) is 0. The fourth-order valence-corrected chi connectivity index (χ4v) is 1.11. The van der Waals surface area contributed by atoms with Crippen molar-refractivity contribution >= 4 is 5.69 Å². The van der Waals surface area contributed by atoms with Gasteiger partial charge in [0.15, 0.2) is 0 Å². The van der Waals surface area contributed by atoms with Gasteiger partial charge in [0.2, 0.25) is 0 Å². The molecular formula is C9H9N3. The third-order valence-corrected chi connectivity index (χ3v) is 1.67. The van der Waals surface area contributed by atoms with E-state index in [0.29, 0.717) is 5.69 Å². The SMILES string of the molecule is Nc1cncc(-c2ccc[nH]2)c1. The molecule has 60 valence electrons. The number of aromatic amines is 1. The van der Waals surface area contributed by atoms with Gasteiger partial charge in [-0.15, -0.1) is 0 Å². The first-order valence-electron chi connectivity index (χ1n) is 3.70. The molecule has 0 amide bonds. The van der Waals surface area contributed by atoms with E-state index < -0.39 is 0 Å². The molecule has 2 aromatic rings. The largest absolute Gasteiger partial charge is 0.397 e. The molecule has 2 heterocycles. The number of anilines is 1. The molecular weight excluding hydrogens is 150 g/mol. The van der Waals surface area contributed by atoms with E-state index in [2.05, 4.69) is 9.97 Å². The van der Waals surface area contributed by atoms with Crippen molar-refractivity contribution in [2.45, 2.75) is 0 Å². The topological polar surface area (TPSA) is 54.7 Å². The van der Waals surface area contributed by atoms with Crippen molar-refractivity contribution < 1.29 is 0 Å². The molecule has 0 saturated carbocycles. The van der Waals surface area contributed by atoms with Crippen molar-refractivity contribution in [1.29, 1.82) is 0 Å². The molecule has 0 bridgehead atoms. The Hall–Kier alpha value is -1.77. The molecule has 0 aliphatic carbocycles. The molecule has 0 spiro atoms.